The number of nitro benzene ring substituents is 1. The normalized spacial score (nSPS) is 13.9. The lowest BCUT2D eigenvalue weighted by Crippen LogP contribution is -2.35. The molecule has 1 N–H and O–H groups in total. The predicted octanol–water partition coefficient (Wildman–Crippen LogP) is 2.26. The van der Waals surface area contributed by atoms with E-state index in [0.29, 0.717) is 16.7 Å². The van der Waals surface area contributed by atoms with Crippen molar-refractivity contribution in [1.82, 2.24) is 4.90 Å². The van der Waals surface area contributed by atoms with Crippen LogP contribution in [0.15, 0.2) is 53.7 Å². The van der Waals surface area contributed by atoms with Crippen LogP contribution in [0.2, 0.25) is 0 Å². The van der Waals surface area contributed by atoms with Crippen LogP contribution in [0.4, 0.5) is 5.69 Å². The zero-order valence-corrected chi connectivity index (χ0v) is 13.0. The maximum atomic E-state index is 12.3. The Morgan fingerprint density at radius 3 is 2.08 bits per heavy atom. The first-order chi connectivity index (χ1) is 12.0. The zero-order chi connectivity index (χ0) is 18.0. The van der Waals surface area contributed by atoms with Crippen molar-refractivity contribution in [2.45, 2.75) is 6.42 Å². The lowest BCUT2D eigenvalue weighted by Gasteiger charge is -2.14. The second-order valence-electron chi connectivity index (χ2n) is 5.51. The molecule has 0 spiro atoms. The number of nitrogens with zero attached hydrogens (tertiary/aromatic N) is 3. The molecule has 25 heavy (non-hydrogen) atoms. The van der Waals surface area contributed by atoms with Gasteiger partial charge in [0.15, 0.2) is 0 Å². The van der Waals surface area contributed by atoms with Crippen molar-refractivity contribution in [2.24, 2.45) is 5.16 Å². The van der Waals surface area contributed by atoms with Crippen LogP contribution in [0.1, 0.15) is 26.3 Å². The molecule has 0 radical (unpaired) electrons. The molecule has 8 nitrogen and oxygen atoms in total. The molecule has 2 aromatic carbocycles. The fourth-order valence-corrected chi connectivity index (χ4v) is 2.66. The highest BCUT2D eigenvalue weighted by atomic mass is 16.6. The third kappa shape index (κ3) is 3.09. The minimum Gasteiger partial charge on any atom is -0.411 e. The number of oxime groups is 1. The van der Waals surface area contributed by atoms with Gasteiger partial charge in [0.1, 0.15) is 0 Å². The molecule has 2 amide bonds. The van der Waals surface area contributed by atoms with E-state index in [1.165, 1.54) is 24.3 Å². The maximum absolute atomic E-state index is 12.3. The van der Waals surface area contributed by atoms with E-state index < -0.39 is 16.7 Å². The summed E-state index contributed by atoms with van der Waals surface area (Å²) in [5, 5.41) is 23.0. The second kappa shape index (κ2) is 6.52. The van der Waals surface area contributed by atoms with Gasteiger partial charge in [-0.05, 0) is 17.7 Å². The average Bonchev–Trinajstić information content (AvgIpc) is 2.86. The van der Waals surface area contributed by atoms with Crippen LogP contribution < -0.4 is 0 Å². The lowest BCUT2D eigenvalue weighted by atomic mass is 10.1. The molecular formula is C17H13N3O5. The average molecular weight is 339 g/mol. The summed E-state index contributed by atoms with van der Waals surface area (Å²) in [5.41, 5.74) is 1.45. The van der Waals surface area contributed by atoms with Crippen molar-refractivity contribution in [3.63, 3.8) is 0 Å². The molecule has 0 saturated heterocycles. The number of hydrogen-bond acceptors (Lipinski definition) is 6. The summed E-state index contributed by atoms with van der Waals surface area (Å²) in [7, 11) is 0. The first kappa shape index (κ1) is 16.3. The first-order valence-corrected chi connectivity index (χ1v) is 7.39. The smallest absolute Gasteiger partial charge is 0.269 e. The Morgan fingerprint density at radius 1 is 1.04 bits per heavy atom. The van der Waals surface area contributed by atoms with Gasteiger partial charge in [-0.2, -0.15) is 0 Å². The van der Waals surface area contributed by atoms with E-state index in [0.717, 1.165) is 4.90 Å². The summed E-state index contributed by atoms with van der Waals surface area (Å²) in [4.78, 5) is 35.8. The highest BCUT2D eigenvalue weighted by molar-refractivity contribution is 6.22. The molecule has 0 aromatic heterocycles. The number of carbonyl (C=O) groups is 2. The molecule has 0 aliphatic carbocycles. The number of non-ortho nitro benzene ring substituents is 1. The first-order valence-electron chi connectivity index (χ1n) is 7.39. The number of carbonyl (C=O) groups excluding carboxylic acids is 2. The Kier molecular flexibility index (Phi) is 4.25. The van der Waals surface area contributed by atoms with E-state index in [1.54, 1.807) is 24.3 Å². The standard InChI is InChI=1S/C17H13N3O5/c21-16-14-3-1-2-4-15(14)17(22)19(16)10-12(18-23)9-11-5-7-13(8-6-11)20(24)25/h1-8,23H,9-10H2/b18-12+. The SMILES string of the molecule is O=C1c2ccccc2C(=O)N1C/C(Cc1ccc([N+](=O)[O-])cc1)=N/O. The number of imide groups is 1. The molecule has 0 atom stereocenters. The van der Waals surface area contributed by atoms with E-state index in [2.05, 4.69) is 5.16 Å². The van der Waals surface area contributed by atoms with Crippen molar-refractivity contribution in [2.75, 3.05) is 6.54 Å². The minimum atomic E-state index is -0.510. The quantitative estimate of drug-likeness (QED) is 0.295. The van der Waals surface area contributed by atoms with Crippen LogP contribution in [0.3, 0.4) is 0 Å². The Morgan fingerprint density at radius 2 is 1.60 bits per heavy atom. The van der Waals surface area contributed by atoms with E-state index in [1.807, 2.05) is 0 Å². The Bertz CT molecular complexity index is 854. The largest absolute Gasteiger partial charge is 0.411 e. The van der Waals surface area contributed by atoms with Crippen LogP contribution in [0.5, 0.6) is 0 Å². The number of amides is 2. The fourth-order valence-electron chi connectivity index (χ4n) is 2.66. The van der Waals surface area contributed by atoms with Crippen molar-refractivity contribution >= 4 is 23.2 Å². The van der Waals surface area contributed by atoms with Gasteiger partial charge in [0.05, 0.1) is 28.3 Å². The fraction of sp³-hybridized carbons (Fsp3) is 0.118. The Balaban J connectivity index is 1.74. The van der Waals surface area contributed by atoms with Gasteiger partial charge >= 0.3 is 0 Å². The molecule has 126 valence electrons. The minimum absolute atomic E-state index is 0.0495. The number of rotatable bonds is 5. The van der Waals surface area contributed by atoms with Crippen LogP contribution in [-0.4, -0.2) is 39.1 Å². The summed E-state index contributed by atoms with van der Waals surface area (Å²) in [6, 6.07) is 12.2. The van der Waals surface area contributed by atoms with E-state index in [4.69, 9.17) is 0 Å². The number of nitro groups is 1. The van der Waals surface area contributed by atoms with E-state index >= 15 is 0 Å². The van der Waals surface area contributed by atoms with Crippen molar-refractivity contribution in [3.05, 3.63) is 75.3 Å². The molecule has 2 aromatic rings. The highest BCUT2D eigenvalue weighted by Crippen LogP contribution is 2.22. The maximum Gasteiger partial charge on any atom is 0.269 e. The number of benzene rings is 2. The molecular weight excluding hydrogens is 326 g/mol. The van der Waals surface area contributed by atoms with E-state index in [9.17, 15) is 24.9 Å². The van der Waals surface area contributed by atoms with Crippen molar-refractivity contribution in [1.29, 1.82) is 0 Å². The monoisotopic (exact) mass is 339 g/mol. The van der Waals surface area contributed by atoms with Gasteiger partial charge in [0, 0.05) is 18.6 Å². The zero-order valence-electron chi connectivity index (χ0n) is 13.0. The Labute approximate surface area is 142 Å². The van der Waals surface area contributed by atoms with Gasteiger partial charge in [-0.15, -0.1) is 0 Å². The van der Waals surface area contributed by atoms with Crippen molar-refractivity contribution in [3.8, 4) is 0 Å². The van der Waals surface area contributed by atoms with Crippen LogP contribution in [-0.2, 0) is 6.42 Å². The molecule has 0 fully saturated rings. The highest BCUT2D eigenvalue weighted by Gasteiger charge is 2.35. The summed E-state index contributed by atoms with van der Waals surface area (Å²) in [6.07, 6.45) is 0.155. The topological polar surface area (TPSA) is 113 Å². The molecule has 8 heteroatoms. The predicted molar refractivity (Wildman–Crippen MR) is 87.8 cm³/mol. The van der Waals surface area contributed by atoms with Crippen LogP contribution >= 0.6 is 0 Å². The molecule has 1 aliphatic rings. The third-order valence-electron chi connectivity index (χ3n) is 3.92. The number of fused-ring (bicyclic) bond motifs is 1. The van der Waals surface area contributed by atoms with Gasteiger partial charge in [-0.1, -0.05) is 29.4 Å². The summed E-state index contributed by atoms with van der Waals surface area (Å²) >= 11 is 0. The van der Waals surface area contributed by atoms with Gasteiger partial charge in [0.25, 0.3) is 17.5 Å². The molecule has 0 unspecified atom stereocenters. The van der Waals surface area contributed by atoms with Gasteiger partial charge in [0.2, 0.25) is 0 Å². The van der Waals surface area contributed by atoms with Gasteiger partial charge in [-0.25, -0.2) is 0 Å². The van der Waals surface area contributed by atoms with Crippen LogP contribution in [0, 0.1) is 10.1 Å². The van der Waals surface area contributed by atoms with Gasteiger partial charge < -0.3 is 5.21 Å². The molecule has 0 bridgehead atoms. The van der Waals surface area contributed by atoms with Gasteiger partial charge in [-0.3, -0.25) is 24.6 Å². The molecule has 3 rings (SSSR count). The van der Waals surface area contributed by atoms with Crippen molar-refractivity contribution < 1.29 is 19.7 Å². The molecule has 0 saturated carbocycles. The van der Waals surface area contributed by atoms with Crippen LogP contribution in [0.25, 0.3) is 0 Å². The summed E-state index contributed by atoms with van der Waals surface area (Å²) in [5.74, 6) is -0.879. The van der Waals surface area contributed by atoms with E-state index in [-0.39, 0.29) is 24.4 Å². The lowest BCUT2D eigenvalue weighted by molar-refractivity contribution is -0.384. The summed E-state index contributed by atoms with van der Waals surface area (Å²) < 4.78 is 0. The molecule has 1 heterocycles. The summed E-state index contributed by atoms with van der Waals surface area (Å²) in [6.45, 7) is -0.153. The second-order valence-corrected chi connectivity index (χ2v) is 5.51. The molecule has 1 aliphatic heterocycles. The Hall–Kier alpha value is -3.55. The third-order valence-corrected chi connectivity index (χ3v) is 3.92. The number of hydrogen-bond donors (Lipinski definition) is 1.